The average Bonchev–Trinajstić information content (AvgIpc) is 3.04. The molecule has 0 aliphatic rings. The van der Waals surface area contributed by atoms with Gasteiger partial charge in [0.1, 0.15) is 17.3 Å². The molecule has 1 amide bonds. The predicted molar refractivity (Wildman–Crippen MR) is 99.2 cm³/mol. The van der Waals surface area contributed by atoms with Crippen molar-refractivity contribution in [3.05, 3.63) is 58.9 Å². The van der Waals surface area contributed by atoms with Crippen molar-refractivity contribution >= 4 is 23.2 Å². The molecule has 0 unspecified atom stereocenters. The Morgan fingerprint density at radius 2 is 1.81 bits per heavy atom. The summed E-state index contributed by atoms with van der Waals surface area (Å²) in [7, 11) is 3.00. The number of ether oxygens (including phenoxy) is 2. The molecule has 0 saturated heterocycles. The highest BCUT2D eigenvalue weighted by Gasteiger charge is 2.20. The number of methoxy groups -OCH3 is 2. The van der Waals surface area contributed by atoms with E-state index in [1.165, 1.54) is 14.2 Å². The van der Waals surface area contributed by atoms with E-state index in [1.807, 2.05) is 30.3 Å². The lowest BCUT2D eigenvalue weighted by atomic mass is 10.2. The first kappa shape index (κ1) is 17.8. The Morgan fingerprint density at radius 1 is 1.12 bits per heavy atom. The number of carbonyl (C=O) groups excluding carboxylic acids is 1. The summed E-state index contributed by atoms with van der Waals surface area (Å²) >= 11 is 6.14. The Morgan fingerprint density at radius 3 is 2.46 bits per heavy atom. The van der Waals surface area contributed by atoms with Crippen LogP contribution in [0, 0.1) is 6.92 Å². The van der Waals surface area contributed by atoms with Crippen LogP contribution in [-0.2, 0) is 0 Å². The van der Waals surface area contributed by atoms with Gasteiger partial charge >= 0.3 is 0 Å². The van der Waals surface area contributed by atoms with Crippen molar-refractivity contribution in [2.24, 2.45) is 0 Å². The van der Waals surface area contributed by atoms with Crippen LogP contribution in [0.5, 0.6) is 11.5 Å². The maximum Gasteiger partial charge on any atom is 0.278 e. The fourth-order valence-corrected chi connectivity index (χ4v) is 2.69. The third-order valence-corrected chi connectivity index (χ3v) is 4.05. The van der Waals surface area contributed by atoms with Crippen LogP contribution in [0.1, 0.15) is 16.2 Å². The minimum absolute atomic E-state index is 0.192. The lowest BCUT2D eigenvalue weighted by molar-refractivity contribution is 0.102. The zero-order chi connectivity index (χ0) is 18.7. The lowest BCUT2D eigenvalue weighted by Crippen LogP contribution is -2.14. The molecular formula is C19H17ClN2O4. The third kappa shape index (κ3) is 3.50. The number of hydrogen-bond donors (Lipinski definition) is 1. The Balaban J connectivity index is 1.90. The van der Waals surface area contributed by atoms with Crippen molar-refractivity contribution < 1.29 is 18.7 Å². The zero-order valence-electron chi connectivity index (χ0n) is 14.5. The molecular weight excluding hydrogens is 356 g/mol. The molecule has 1 aromatic heterocycles. The van der Waals surface area contributed by atoms with E-state index >= 15 is 0 Å². The summed E-state index contributed by atoms with van der Waals surface area (Å²) in [4.78, 5) is 17.0. The van der Waals surface area contributed by atoms with Gasteiger partial charge in [-0.2, -0.15) is 0 Å². The minimum atomic E-state index is -0.423. The Hall–Kier alpha value is -2.99. The van der Waals surface area contributed by atoms with E-state index in [2.05, 4.69) is 10.3 Å². The highest BCUT2D eigenvalue weighted by molar-refractivity contribution is 6.32. The molecule has 0 aliphatic carbocycles. The maximum atomic E-state index is 12.6. The van der Waals surface area contributed by atoms with Crippen LogP contribution in [0.2, 0.25) is 5.02 Å². The molecule has 0 bridgehead atoms. The Labute approximate surface area is 155 Å². The number of anilines is 1. The highest BCUT2D eigenvalue weighted by Crippen LogP contribution is 2.36. The molecule has 26 heavy (non-hydrogen) atoms. The molecule has 0 atom stereocenters. The van der Waals surface area contributed by atoms with E-state index in [4.69, 9.17) is 25.5 Å². The van der Waals surface area contributed by atoms with Crippen LogP contribution in [0.25, 0.3) is 11.5 Å². The smallest absolute Gasteiger partial charge is 0.278 e. The van der Waals surface area contributed by atoms with Crippen molar-refractivity contribution in [3.63, 3.8) is 0 Å². The molecule has 6 nitrogen and oxygen atoms in total. The number of amides is 1. The fourth-order valence-electron chi connectivity index (χ4n) is 2.45. The van der Waals surface area contributed by atoms with Crippen molar-refractivity contribution in [2.45, 2.75) is 6.92 Å². The molecule has 0 spiro atoms. The number of benzene rings is 2. The van der Waals surface area contributed by atoms with Gasteiger partial charge in [0.05, 0.1) is 24.9 Å². The molecule has 3 rings (SSSR count). The van der Waals surface area contributed by atoms with Gasteiger partial charge in [-0.25, -0.2) is 4.98 Å². The summed E-state index contributed by atoms with van der Waals surface area (Å²) in [6, 6.07) is 12.5. The number of nitrogens with one attached hydrogen (secondary N) is 1. The van der Waals surface area contributed by atoms with E-state index in [1.54, 1.807) is 19.1 Å². The van der Waals surface area contributed by atoms with Crippen LogP contribution >= 0.6 is 11.6 Å². The van der Waals surface area contributed by atoms with Gasteiger partial charge in [-0.05, 0) is 25.1 Å². The number of rotatable bonds is 5. The normalized spacial score (nSPS) is 10.5. The SMILES string of the molecule is COc1cc(OC)c(NC(=O)c2nc(-c3ccccc3)oc2C)cc1Cl. The number of halogens is 1. The fraction of sp³-hybridized carbons (Fsp3) is 0.158. The summed E-state index contributed by atoms with van der Waals surface area (Å²) < 4.78 is 16.1. The summed E-state index contributed by atoms with van der Waals surface area (Å²) in [6.07, 6.45) is 0. The van der Waals surface area contributed by atoms with Gasteiger partial charge in [0.25, 0.3) is 5.91 Å². The van der Waals surface area contributed by atoms with Crippen molar-refractivity contribution in [3.8, 4) is 23.0 Å². The number of oxazole rings is 1. The Bertz CT molecular complexity index is 938. The van der Waals surface area contributed by atoms with Crippen LogP contribution in [0.4, 0.5) is 5.69 Å². The first-order valence-electron chi connectivity index (χ1n) is 7.79. The monoisotopic (exact) mass is 372 g/mol. The molecule has 1 heterocycles. The molecule has 7 heteroatoms. The second kappa shape index (κ2) is 7.49. The number of carbonyl (C=O) groups is 1. The first-order chi connectivity index (χ1) is 12.5. The van der Waals surface area contributed by atoms with Gasteiger partial charge < -0.3 is 19.2 Å². The summed E-state index contributed by atoms with van der Waals surface area (Å²) in [5.74, 6) is 1.25. The second-order valence-corrected chi connectivity index (χ2v) is 5.84. The van der Waals surface area contributed by atoms with E-state index in [0.717, 1.165) is 5.56 Å². The predicted octanol–water partition coefficient (Wildman–Crippen LogP) is 4.57. The summed E-state index contributed by atoms with van der Waals surface area (Å²) in [5.41, 5.74) is 1.39. The number of aromatic nitrogens is 1. The molecule has 3 aromatic rings. The highest BCUT2D eigenvalue weighted by atomic mass is 35.5. The van der Waals surface area contributed by atoms with E-state index < -0.39 is 5.91 Å². The maximum absolute atomic E-state index is 12.6. The molecule has 0 radical (unpaired) electrons. The molecule has 0 fully saturated rings. The Kier molecular flexibility index (Phi) is 5.14. The van der Waals surface area contributed by atoms with Crippen molar-refractivity contribution in [1.82, 2.24) is 4.98 Å². The van der Waals surface area contributed by atoms with Gasteiger partial charge in [-0.1, -0.05) is 29.8 Å². The minimum Gasteiger partial charge on any atom is -0.495 e. The van der Waals surface area contributed by atoms with Gasteiger partial charge in [-0.15, -0.1) is 0 Å². The largest absolute Gasteiger partial charge is 0.495 e. The van der Waals surface area contributed by atoms with Gasteiger partial charge in [-0.3, -0.25) is 4.79 Å². The van der Waals surface area contributed by atoms with Crippen molar-refractivity contribution in [2.75, 3.05) is 19.5 Å². The molecule has 0 aliphatic heterocycles. The third-order valence-electron chi connectivity index (χ3n) is 3.75. The van der Waals surface area contributed by atoms with E-state index in [-0.39, 0.29) is 5.69 Å². The number of aryl methyl sites for hydroxylation is 1. The van der Waals surface area contributed by atoms with Gasteiger partial charge in [0.15, 0.2) is 5.69 Å². The van der Waals surface area contributed by atoms with Crippen LogP contribution in [-0.4, -0.2) is 25.1 Å². The summed E-state index contributed by atoms with van der Waals surface area (Å²) in [6.45, 7) is 1.69. The topological polar surface area (TPSA) is 73.6 Å². The zero-order valence-corrected chi connectivity index (χ0v) is 15.3. The van der Waals surface area contributed by atoms with E-state index in [9.17, 15) is 4.79 Å². The number of nitrogens with zero attached hydrogens (tertiary/aromatic N) is 1. The summed E-state index contributed by atoms with van der Waals surface area (Å²) in [5, 5.41) is 3.10. The number of hydrogen-bond acceptors (Lipinski definition) is 5. The molecule has 2 aromatic carbocycles. The quantitative estimate of drug-likeness (QED) is 0.710. The first-order valence-corrected chi connectivity index (χ1v) is 8.17. The van der Waals surface area contributed by atoms with Crippen LogP contribution in [0.15, 0.2) is 46.9 Å². The molecule has 0 saturated carbocycles. The second-order valence-electron chi connectivity index (χ2n) is 5.43. The van der Waals surface area contributed by atoms with Crippen molar-refractivity contribution in [1.29, 1.82) is 0 Å². The van der Waals surface area contributed by atoms with E-state index in [0.29, 0.717) is 33.9 Å². The standard InChI is InChI=1S/C19H17ClN2O4/c1-11-17(22-19(26-11)12-7-5-4-6-8-12)18(23)21-14-9-13(20)15(24-2)10-16(14)25-3/h4-10H,1-3H3,(H,21,23). The average molecular weight is 373 g/mol. The van der Waals surface area contributed by atoms with Crippen LogP contribution < -0.4 is 14.8 Å². The molecule has 1 N–H and O–H groups in total. The van der Waals surface area contributed by atoms with Gasteiger partial charge in [0.2, 0.25) is 5.89 Å². The van der Waals surface area contributed by atoms with Crippen LogP contribution in [0.3, 0.4) is 0 Å². The molecule has 134 valence electrons. The lowest BCUT2D eigenvalue weighted by Gasteiger charge is -2.12. The van der Waals surface area contributed by atoms with Gasteiger partial charge in [0, 0.05) is 11.6 Å².